The third-order valence-corrected chi connectivity index (χ3v) is 5.40. The van der Waals surface area contributed by atoms with Crippen LogP contribution in [-0.2, 0) is 15.2 Å². The first-order chi connectivity index (χ1) is 15.9. The van der Waals surface area contributed by atoms with E-state index in [0.29, 0.717) is 21.2 Å². The lowest BCUT2D eigenvalue weighted by Gasteiger charge is -2.27. The fourth-order valence-electron chi connectivity index (χ4n) is 3.09. The van der Waals surface area contributed by atoms with E-state index in [9.17, 15) is 14.7 Å². The summed E-state index contributed by atoms with van der Waals surface area (Å²) in [7, 11) is 1.42. The highest BCUT2D eigenvalue weighted by atomic mass is 79.9. The number of benzene rings is 3. The largest absolute Gasteiger partial charge is 0.493 e. The lowest BCUT2D eigenvalue weighted by atomic mass is 9.85. The number of amides is 1. The molecular formula is C24H21BrN2O6. The van der Waals surface area contributed by atoms with Gasteiger partial charge in [-0.25, -0.2) is 10.2 Å². The van der Waals surface area contributed by atoms with Gasteiger partial charge in [-0.2, -0.15) is 5.10 Å². The molecule has 0 atom stereocenters. The van der Waals surface area contributed by atoms with Crippen LogP contribution in [0.25, 0.3) is 0 Å². The van der Waals surface area contributed by atoms with Crippen LogP contribution in [0, 0.1) is 0 Å². The topological polar surface area (TPSA) is 117 Å². The van der Waals surface area contributed by atoms with Crippen molar-refractivity contribution < 1.29 is 29.3 Å². The summed E-state index contributed by atoms with van der Waals surface area (Å²) in [4.78, 5) is 23.8. The second-order valence-electron chi connectivity index (χ2n) is 6.85. The molecule has 0 aliphatic rings. The van der Waals surface area contributed by atoms with E-state index in [0.717, 1.165) is 0 Å². The molecule has 0 aromatic heterocycles. The van der Waals surface area contributed by atoms with Gasteiger partial charge < -0.3 is 19.7 Å². The Morgan fingerprint density at radius 1 is 1.03 bits per heavy atom. The van der Waals surface area contributed by atoms with E-state index in [-0.39, 0.29) is 11.5 Å². The van der Waals surface area contributed by atoms with Crippen LogP contribution in [0.2, 0.25) is 0 Å². The zero-order chi connectivity index (χ0) is 23.8. The minimum atomic E-state index is -1.96. The molecule has 0 fully saturated rings. The number of halogens is 1. The summed E-state index contributed by atoms with van der Waals surface area (Å²) in [5.41, 5.74) is 1.76. The summed E-state index contributed by atoms with van der Waals surface area (Å²) in [6, 6.07) is 20.3. The van der Waals surface area contributed by atoms with E-state index in [2.05, 4.69) is 26.5 Å². The predicted molar refractivity (Wildman–Crippen MR) is 125 cm³/mol. The van der Waals surface area contributed by atoms with Crippen LogP contribution in [0.15, 0.2) is 82.4 Å². The molecular weight excluding hydrogens is 492 g/mol. The molecule has 0 aliphatic carbocycles. The number of aliphatic carboxylic acids is 1. The number of carboxylic acid groups (broad SMARTS) is 1. The van der Waals surface area contributed by atoms with Crippen molar-refractivity contribution in [1.82, 2.24) is 5.43 Å². The predicted octanol–water partition coefficient (Wildman–Crippen LogP) is 3.31. The number of aliphatic hydroxyl groups is 1. The molecule has 0 heterocycles. The van der Waals surface area contributed by atoms with E-state index >= 15 is 0 Å². The molecule has 0 saturated carbocycles. The minimum Gasteiger partial charge on any atom is -0.493 e. The molecule has 33 heavy (non-hydrogen) atoms. The number of rotatable bonds is 9. The van der Waals surface area contributed by atoms with Gasteiger partial charge in [0.2, 0.25) is 0 Å². The Morgan fingerprint density at radius 3 is 2.12 bits per heavy atom. The molecule has 3 rings (SSSR count). The maximum atomic E-state index is 13.1. The van der Waals surface area contributed by atoms with Crippen LogP contribution in [-0.4, -0.2) is 42.0 Å². The maximum Gasteiger partial charge on any atom is 0.341 e. The number of nitrogens with zero attached hydrogens (tertiary/aromatic N) is 1. The van der Waals surface area contributed by atoms with Gasteiger partial charge in [-0.3, -0.25) is 4.79 Å². The number of hydrogen-bond donors (Lipinski definition) is 3. The van der Waals surface area contributed by atoms with Gasteiger partial charge >= 0.3 is 5.97 Å². The summed E-state index contributed by atoms with van der Waals surface area (Å²) >= 11 is 3.36. The number of carbonyl (C=O) groups is 2. The van der Waals surface area contributed by atoms with Gasteiger partial charge in [0.15, 0.2) is 23.7 Å². The maximum absolute atomic E-state index is 13.1. The van der Waals surface area contributed by atoms with Crippen LogP contribution in [0.4, 0.5) is 0 Å². The SMILES string of the molecule is COc1cc(C=NNC(=O)C(O)(c2ccccc2)c2ccccc2)c(Br)cc1OCC(=O)O. The Morgan fingerprint density at radius 2 is 1.61 bits per heavy atom. The second kappa shape index (κ2) is 10.8. The number of ether oxygens (including phenoxy) is 2. The number of carbonyl (C=O) groups excluding carboxylic acids is 1. The van der Waals surface area contributed by atoms with Gasteiger partial charge in [0.25, 0.3) is 5.91 Å². The first-order valence-electron chi connectivity index (χ1n) is 9.75. The number of hydrazone groups is 1. The first-order valence-corrected chi connectivity index (χ1v) is 10.5. The fourth-order valence-corrected chi connectivity index (χ4v) is 3.52. The Bertz CT molecular complexity index is 1110. The molecule has 0 aliphatic heterocycles. The summed E-state index contributed by atoms with van der Waals surface area (Å²) in [6.45, 7) is -0.524. The average Bonchev–Trinajstić information content (AvgIpc) is 2.84. The van der Waals surface area contributed by atoms with Crippen molar-refractivity contribution in [2.75, 3.05) is 13.7 Å². The van der Waals surface area contributed by atoms with E-state index < -0.39 is 24.1 Å². The summed E-state index contributed by atoms with van der Waals surface area (Å²) < 4.78 is 11.0. The number of methoxy groups -OCH3 is 1. The van der Waals surface area contributed by atoms with Gasteiger partial charge in [0, 0.05) is 10.0 Å². The molecule has 0 unspecified atom stereocenters. The van der Waals surface area contributed by atoms with Crippen LogP contribution >= 0.6 is 15.9 Å². The highest BCUT2D eigenvalue weighted by molar-refractivity contribution is 9.10. The van der Waals surface area contributed by atoms with E-state index in [4.69, 9.17) is 14.6 Å². The monoisotopic (exact) mass is 512 g/mol. The Kier molecular flexibility index (Phi) is 7.81. The van der Waals surface area contributed by atoms with Gasteiger partial charge in [0.1, 0.15) is 0 Å². The third kappa shape index (κ3) is 5.57. The van der Waals surface area contributed by atoms with E-state index in [1.54, 1.807) is 66.7 Å². The quantitative estimate of drug-likeness (QED) is 0.299. The Balaban J connectivity index is 1.85. The molecule has 3 aromatic rings. The van der Waals surface area contributed by atoms with Gasteiger partial charge in [-0.15, -0.1) is 0 Å². The molecule has 0 saturated heterocycles. The second-order valence-corrected chi connectivity index (χ2v) is 7.70. The van der Waals surface area contributed by atoms with Crippen LogP contribution in [0.1, 0.15) is 16.7 Å². The minimum absolute atomic E-state index is 0.232. The van der Waals surface area contributed by atoms with Crippen molar-refractivity contribution in [2.24, 2.45) is 5.10 Å². The number of carboxylic acids is 1. The standard InChI is InChI=1S/C24H21BrN2O6/c1-32-20-12-16(19(25)13-21(20)33-15-22(28)29)14-26-27-23(30)24(31,17-8-4-2-5-9-17)18-10-6-3-7-11-18/h2-14,31H,15H2,1H3,(H,27,30)(H,28,29). The fraction of sp³-hybridized carbons (Fsp3) is 0.125. The molecule has 9 heteroatoms. The normalized spacial score (nSPS) is 11.2. The van der Waals surface area contributed by atoms with Crippen molar-refractivity contribution in [3.63, 3.8) is 0 Å². The molecule has 0 bridgehead atoms. The highest BCUT2D eigenvalue weighted by Gasteiger charge is 2.39. The van der Waals surface area contributed by atoms with Crippen LogP contribution < -0.4 is 14.9 Å². The average molecular weight is 513 g/mol. The molecule has 1 amide bonds. The molecule has 0 spiro atoms. The first kappa shape index (κ1) is 24.0. The number of nitrogens with one attached hydrogen (secondary N) is 1. The van der Waals surface area contributed by atoms with Crippen LogP contribution in [0.5, 0.6) is 11.5 Å². The van der Waals surface area contributed by atoms with E-state index in [1.165, 1.54) is 19.4 Å². The van der Waals surface area contributed by atoms with Gasteiger partial charge in [-0.1, -0.05) is 60.7 Å². The third-order valence-electron chi connectivity index (χ3n) is 4.72. The summed E-state index contributed by atoms with van der Waals surface area (Å²) in [5.74, 6) is -1.33. The zero-order valence-corrected chi connectivity index (χ0v) is 19.2. The van der Waals surface area contributed by atoms with Gasteiger partial charge in [-0.05, 0) is 39.2 Å². The highest BCUT2D eigenvalue weighted by Crippen LogP contribution is 2.33. The molecule has 3 N–H and O–H groups in total. The molecule has 3 aromatic carbocycles. The van der Waals surface area contributed by atoms with Crippen molar-refractivity contribution in [2.45, 2.75) is 5.60 Å². The zero-order valence-electron chi connectivity index (χ0n) is 17.6. The van der Waals surface area contributed by atoms with Crippen LogP contribution in [0.3, 0.4) is 0 Å². The van der Waals surface area contributed by atoms with E-state index in [1.807, 2.05) is 0 Å². The van der Waals surface area contributed by atoms with Crippen molar-refractivity contribution in [1.29, 1.82) is 0 Å². The summed E-state index contributed by atoms with van der Waals surface area (Å²) in [6.07, 6.45) is 1.36. The summed E-state index contributed by atoms with van der Waals surface area (Å²) in [5, 5.41) is 24.2. The molecule has 0 radical (unpaired) electrons. The lowest BCUT2D eigenvalue weighted by molar-refractivity contribution is -0.139. The molecule has 170 valence electrons. The van der Waals surface area contributed by atoms with Crippen molar-refractivity contribution in [3.05, 3.63) is 94.0 Å². The van der Waals surface area contributed by atoms with Crippen molar-refractivity contribution >= 4 is 34.0 Å². The smallest absolute Gasteiger partial charge is 0.341 e. The Labute approximate surface area is 198 Å². The number of hydrogen-bond acceptors (Lipinski definition) is 6. The van der Waals surface area contributed by atoms with Crippen molar-refractivity contribution in [3.8, 4) is 11.5 Å². The molecule has 8 nitrogen and oxygen atoms in total. The Hall–Kier alpha value is -3.69. The van der Waals surface area contributed by atoms with Gasteiger partial charge in [0.05, 0.1) is 13.3 Å². The lowest BCUT2D eigenvalue weighted by Crippen LogP contribution is -2.43.